The Kier molecular flexibility index (Phi) is 5.05. The van der Waals surface area contributed by atoms with Crippen LogP contribution >= 0.6 is 11.3 Å². The number of benzene rings is 2. The molecule has 2 aromatic carbocycles. The molecule has 4 aromatic rings. The summed E-state index contributed by atoms with van der Waals surface area (Å²) >= 11 is 1.68. The van der Waals surface area contributed by atoms with Gasteiger partial charge >= 0.3 is 0 Å². The fourth-order valence-electron chi connectivity index (χ4n) is 3.57. The van der Waals surface area contributed by atoms with E-state index in [1.165, 1.54) is 11.1 Å². The van der Waals surface area contributed by atoms with Crippen molar-refractivity contribution in [1.29, 1.82) is 0 Å². The summed E-state index contributed by atoms with van der Waals surface area (Å²) in [4.78, 5) is 14.2. The quantitative estimate of drug-likeness (QED) is 0.456. The number of rotatable bonds is 5. The van der Waals surface area contributed by atoms with Crippen molar-refractivity contribution in [2.45, 2.75) is 33.4 Å². The first-order valence-electron chi connectivity index (χ1n) is 9.52. The molecule has 0 aliphatic rings. The van der Waals surface area contributed by atoms with Gasteiger partial charge in [-0.05, 0) is 38.0 Å². The summed E-state index contributed by atoms with van der Waals surface area (Å²) < 4.78 is 3.34. The van der Waals surface area contributed by atoms with E-state index in [0.717, 1.165) is 32.8 Å². The molecule has 0 radical (unpaired) electrons. The minimum absolute atomic E-state index is 0.0102. The maximum absolute atomic E-state index is 13.2. The predicted molar refractivity (Wildman–Crippen MR) is 117 cm³/mol. The highest BCUT2D eigenvalue weighted by Crippen LogP contribution is 2.32. The standard InChI is InChI=1S/C24H24N2OS/c1-16-9-11-19(12-10-16)15-26-14-13-21-23(26)22(18(3)28-21)24(27)25-17(2)20-7-5-4-6-8-20/h4-14,17H,15H2,1-3H3,(H,25,27)/t17-/m0/s1. The van der Waals surface area contributed by atoms with Crippen LogP contribution in [-0.4, -0.2) is 10.5 Å². The van der Waals surface area contributed by atoms with E-state index in [1.54, 1.807) is 11.3 Å². The number of carbonyl (C=O) groups is 1. The van der Waals surface area contributed by atoms with Crippen molar-refractivity contribution in [1.82, 2.24) is 9.88 Å². The number of fused-ring (bicyclic) bond motifs is 1. The van der Waals surface area contributed by atoms with Gasteiger partial charge in [0.1, 0.15) is 0 Å². The summed E-state index contributed by atoms with van der Waals surface area (Å²) in [5.74, 6) is -0.0102. The molecule has 0 bridgehead atoms. The lowest BCUT2D eigenvalue weighted by Gasteiger charge is -2.15. The highest BCUT2D eigenvalue weighted by atomic mass is 32.1. The number of amides is 1. The monoisotopic (exact) mass is 388 g/mol. The van der Waals surface area contributed by atoms with Crippen molar-refractivity contribution in [2.24, 2.45) is 0 Å². The van der Waals surface area contributed by atoms with Gasteiger partial charge in [-0.15, -0.1) is 11.3 Å². The number of hydrogen-bond donors (Lipinski definition) is 1. The van der Waals surface area contributed by atoms with Gasteiger partial charge in [-0.2, -0.15) is 0 Å². The zero-order valence-corrected chi connectivity index (χ0v) is 17.2. The highest BCUT2D eigenvalue weighted by molar-refractivity contribution is 7.19. The van der Waals surface area contributed by atoms with E-state index < -0.39 is 0 Å². The first kappa shape index (κ1) is 18.5. The van der Waals surface area contributed by atoms with Gasteiger partial charge in [0, 0.05) is 17.6 Å². The highest BCUT2D eigenvalue weighted by Gasteiger charge is 2.21. The van der Waals surface area contributed by atoms with Crippen LogP contribution in [0, 0.1) is 13.8 Å². The maximum atomic E-state index is 13.2. The molecule has 28 heavy (non-hydrogen) atoms. The van der Waals surface area contributed by atoms with Gasteiger partial charge in [0.2, 0.25) is 0 Å². The molecule has 0 aliphatic carbocycles. The lowest BCUT2D eigenvalue weighted by Crippen LogP contribution is -2.27. The van der Waals surface area contributed by atoms with E-state index in [1.807, 2.05) is 44.2 Å². The summed E-state index contributed by atoms with van der Waals surface area (Å²) in [6.45, 7) is 6.91. The van der Waals surface area contributed by atoms with Gasteiger partial charge in [-0.25, -0.2) is 0 Å². The Bertz CT molecular complexity index is 1110. The van der Waals surface area contributed by atoms with Crippen molar-refractivity contribution >= 4 is 27.5 Å². The van der Waals surface area contributed by atoms with Gasteiger partial charge < -0.3 is 9.88 Å². The fraction of sp³-hybridized carbons (Fsp3) is 0.208. The van der Waals surface area contributed by atoms with Crippen LogP contribution in [0.15, 0.2) is 66.9 Å². The Morgan fingerprint density at radius 1 is 1.04 bits per heavy atom. The lowest BCUT2D eigenvalue weighted by atomic mass is 10.1. The van der Waals surface area contributed by atoms with Crippen LogP contribution in [0.2, 0.25) is 0 Å². The smallest absolute Gasteiger partial charge is 0.255 e. The number of nitrogens with one attached hydrogen (secondary N) is 1. The van der Waals surface area contributed by atoms with Crippen LogP contribution in [0.1, 0.15) is 44.9 Å². The molecule has 0 saturated carbocycles. The molecule has 4 rings (SSSR count). The SMILES string of the molecule is Cc1ccc(Cn2ccc3sc(C)c(C(=O)N[C@@H](C)c4ccccc4)c32)cc1. The largest absolute Gasteiger partial charge is 0.345 e. The van der Waals surface area contributed by atoms with E-state index in [9.17, 15) is 4.79 Å². The second-order valence-electron chi connectivity index (χ2n) is 7.28. The van der Waals surface area contributed by atoms with Crippen LogP contribution in [0.5, 0.6) is 0 Å². The molecular formula is C24H24N2OS. The molecule has 2 heterocycles. The zero-order chi connectivity index (χ0) is 19.7. The van der Waals surface area contributed by atoms with Gasteiger partial charge in [-0.1, -0.05) is 60.2 Å². The summed E-state index contributed by atoms with van der Waals surface area (Å²) in [6, 6.07) is 20.7. The molecule has 0 fully saturated rings. The van der Waals surface area contributed by atoms with Gasteiger partial charge in [-0.3, -0.25) is 4.79 Å². The molecule has 3 nitrogen and oxygen atoms in total. The van der Waals surface area contributed by atoms with E-state index in [0.29, 0.717) is 0 Å². The Labute approximate surface area is 169 Å². The van der Waals surface area contributed by atoms with Crippen molar-refractivity contribution in [3.8, 4) is 0 Å². The summed E-state index contributed by atoms with van der Waals surface area (Å²) in [7, 11) is 0. The van der Waals surface area contributed by atoms with E-state index in [4.69, 9.17) is 0 Å². The predicted octanol–water partition coefficient (Wildman–Crippen LogP) is 5.86. The second kappa shape index (κ2) is 7.64. The van der Waals surface area contributed by atoms with E-state index in [-0.39, 0.29) is 11.9 Å². The summed E-state index contributed by atoms with van der Waals surface area (Å²) in [5.41, 5.74) is 5.41. The van der Waals surface area contributed by atoms with Crippen molar-refractivity contribution in [3.63, 3.8) is 0 Å². The second-order valence-corrected chi connectivity index (χ2v) is 8.54. The Morgan fingerprint density at radius 2 is 1.75 bits per heavy atom. The minimum atomic E-state index is -0.0384. The number of thiophene rings is 1. The molecular weight excluding hydrogens is 364 g/mol. The Hall–Kier alpha value is -2.85. The van der Waals surface area contributed by atoms with Crippen molar-refractivity contribution in [2.75, 3.05) is 0 Å². The van der Waals surface area contributed by atoms with Crippen LogP contribution < -0.4 is 5.32 Å². The molecule has 4 heteroatoms. The van der Waals surface area contributed by atoms with Gasteiger partial charge in [0.05, 0.1) is 21.8 Å². The van der Waals surface area contributed by atoms with E-state index in [2.05, 4.69) is 53.3 Å². The first-order chi connectivity index (χ1) is 13.5. The van der Waals surface area contributed by atoms with Gasteiger partial charge in [0.25, 0.3) is 5.91 Å². The number of nitrogens with zero attached hydrogens (tertiary/aromatic N) is 1. The molecule has 0 spiro atoms. The zero-order valence-electron chi connectivity index (χ0n) is 16.4. The molecule has 0 aliphatic heterocycles. The number of hydrogen-bond acceptors (Lipinski definition) is 2. The van der Waals surface area contributed by atoms with Crippen LogP contribution in [-0.2, 0) is 6.54 Å². The molecule has 142 valence electrons. The van der Waals surface area contributed by atoms with Crippen molar-refractivity contribution < 1.29 is 4.79 Å². The molecule has 1 amide bonds. The molecule has 1 N–H and O–H groups in total. The first-order valence-corrected chi connectivity index (χ1v) is 10.3. The van der Waals surface area contributed by atoms with E-state index >= 15 is 0 Å². The average molecular weight is 389 g/mol. The Morgan fingerprint density at radius 3 is 2.46 bits per heavy atom. The summed E-state index contributed by atoms with van der Waals surface area (Å²) in [5, 5.41) is 3.17. The fourth-order valence-corrected chi connectivity index (χ4v) is 4.63. The van der Waals surface area contributed by atoms with Crippen LogP contribution in [0.3, 0.4) is 0 Å². The number of carbonyl (C=O) groups excluding carboxylic acids is 1. The maximum Gasteiger partial charge on any atom is 0.255 e. The normalized spacial score (nSPS) is 12.2. The number of aryl methyl sites for hydroxylation is 2. The number of aromatic nitrogens is 1. The third-order valence-corrected chi connectivity index (χ3v) is 6.19. The van der Waals surface area contributed by atoms with Crippen LogP contribution in [0.25, 0.3) is 10.2 Å². The lowest BCUT2D eigenvalue weighted by molar-refractivity contribution is 0.0941. The molecule has 0 saturated heterocycles. The Balaban J connectivity index is 1.65. The van der Waals surface area contributed by atoms with Gasteiger partial charge in [0.15, 0.2) is 0 Å². The topological polar surface area (TPSA) is 34.0 Å². The third kappa shape index (κ3) is 3.60. The molecule has 0 unspecified atom stereocenters. The summed E-state index contributed by atoms with van der Waals surface area (Å²) in [6.07, 6.45) is 2.08. The van der Waals surface area contributed by atoms with Crippen LogP contribution in [0.4, 0.5) is 0 Å². The average Bonchev–Trinajstić information content (AvgIpc) is 3.22. The minimum Gasteiger partial charge on any atom is -0.345 e. The third-order valence-electron chi connectivity index (χ3n) is 5.13. The van der Waals surface area contributed by atoms with Crippen molar-refractivity contribution in [3.05, 3.63) is 94.0 Å². The molecule has 1 atom stereocenters. The molecule has 2 aromatic heterocycles.